The third kappa shape index (κ3) is 5.65. The van der Waals surface area contributed by atoms with Crippen molar-refractivity contribution in [3.8, 4) is 11.3 Å². The van der Waals surface area contributed by atoms with Crippen LogP contribution < -0.4 is 16.8 Å². The van der Waals surface area contributed by atoms with Gasteiger partial charge in [-0.3, -0.25) is 9.59 Å². The first-order valence-corrected chi connectivity index (χ1v) is 11.6. The highest BCUT2D eigenvalue weighted by atomic mass is 16.2. The van der Waals surface area contributed by atoms with E-state index in [2.05, 4.69) is 15.3 Å². The lowest BCUT2D eigenvalue weighted by Gasteiger charge is -2.19. The van der Waals surface area contributed by atoms with Crippen LogP contribution in [0.4, 0.5) is 0 Å². The molecule has 0 bridgehead atoms. The van der Waals surface area contributed by atoms with Crippen molar-refractivity contribution in [1.29, 1.82) is 0 Å². The summed E-state index contributed by atoms with van der Waals surface area (Å²) in [6.45, 7) is 2.46. The second-order valence-electron chi connectivity index (χ2n) is 8.39. The van der Waals surface area contributed by atoms with Crippen LogP contribution in [-0.4, -0.2) is 21.8 Å². The van der Waals surface area contributed by atoms with E-state index in [1.165, 1.54) is 0 Å². The quantitative estimate of drug-likeness (QED) is 0.298. The van der Waals surface area contributed by atoms with Crippen molar-refractivity contribution in [2.24, 2.45) is 11.5 Å². The van der Waals surface area contributed by atoms with Crippen molar-refractivity contribution in [2.45, 2.75) is 32.4 Å². The zero-order valence-corrected chi connectivity index (χ0v) is 19.6. The maximum absolute atomic E-state index is 13.3. The van der Waals surface area contributed by atoms with Gasteiger partial charge in [0.2, 0.25) is 5.91 Å². The molecule has 3 aromatic carbocycles. The highest BCUT2D eigenvalue weighted by molar-refractivity contribution is 5.96. The van der Waals surface area contributed by atoms with Gasteiger partial charge < -0.3 is 21.8 Å². The molecule has 2 amide bonds. The first kappa shape index (κ1) is 23.9. The summed E-state index contributed by atoms with van der Waals surface area (Å²) >= 11 is 0. The summed E-state index contributed by atoms with van der Waals surface area (Å²) in [4.78, 5) is 32.6. The Morgan fingerprint density at radius 3 is 2.40 bits per heavy atom. The van der Waals surface area contributed by atoms with E-state index in [9.17, 15) is 9.59 Å². The minimum absolute atomic E-state index is 0.157. The Labute approximate surface area is 204 Å². The van der Waals surface area contributed by atoms with E-state index in [-0.39, 0.29) is 11.9 Å². The number of H-pyrrole nitrogens is 1. The molecule has 0 aliphatic heterocycles. The van der Waals surface area contributed by atoms with Gasteiger partial charge in [0.05, 0.1) is 17.9 Å². The Morgan fingerprint density at radius 2 is 1.74 bits per heavy atom. The summed E-state index contributed by atoms with van der Waals surface area (Å²) in [6, 6.07) is 22.3. The van der Waals surface area contributed by atoms with Crippen molar-refractivity contribution in [1.82, 2.24) is 15.3 Å². The molecule has 178 valence electrons. The molecule has 1 atom stereocenters. The SMILES string of the molecule is CCc1cc(CN)ccc1C(=O)NC(Cc1ccccc1)c1ncc(-c2ccc(C(N)=O)cc2)[nH]1. The monoisotopic (exact) mass is 467 g/mol. The van der Waals surface area contributed by atoms with Crippen molar-refractivity contribution in [2.75, 3.05) is 0 Å². The van der Waals surface area contributed by atoms with Gasteiger partial charge >= 0.3 is 0 Å². The van der Waals surface area contributed by atoms with Crippen LogP contribution in [0.2, 0.25) is 0 Å². The highest BCUT2D eigenvalue weighted by Crippen LogP contribution is 2.23. The number of aromatic amines is 1. The smallest absolute Gasteiger partial charge is 0.252 e. The van der Waals surface area contributed by atoms with E-state index in [1.807, 2.05) is 67.6 Å². The third-order valence-electron chi connectivity index (χ3n) is 6.02. The van der Waals surface area contributed by atoms with Crippen LogP contribution in [0, 0.1) is 0 Å². The number of imidazole rings is 1. The Kier molecular flexibility index (Phi) is 7.38. The number of aromatic nitrogens is 2. The molecule has 0 radical (unpaired) electrons. The molecular weight excluding hydrogens is 438 g/mol. The molecule has 6 N–H and O–H groups in total. The number of carbonyl (C=O) groups excluding carboxylic acids is 2. The molecule has 0 aliphatic carbocycles. The summed E-state index contributed by atoms with van der Waals surface area (Å²) < 4.78 is 0. The van der Waals surface area contributed by atoms with Crippen LogP contribution in [0.1, 0.15) is 56.2 Å². The fraction of sp³-hybridized carbons (Fsp3) is 0.179. The molecule has 0 saturated carbocycles. The maximum atomic E-state index is 13.3. The Bertz CT molecular complexity index is 1310. The lowest BCUT2D eigenvalue weighted by molar-refractivity contribution is 0.0933. The van der Waals surface area contributed by atoms with Crippen LogP contribution in [0.5, 0.6) is 0 Å². The van der Waals surface area contributed by atoms with E-state index in [0.29, 0.717) is 29.9 Å². The molecule has 0 aliphatic rings. The zero-order chi connectivity index (χ0) is 24.8. The van der Waals surface area contributed by atoms with Gasteiger partial charge in [-0.1, -0.05) is 61.5 Å². The minimum atomic E-state index is -0.474. The zero-order valence-electron chi connectivity index (χ0n) is 19.6. The topological polar surface area (TPSA) is 127 Å². The van der Waals surface area contributed by atoms with Crippen LogP contribution >= 0.6 is 0 Å². The molecule has 0 spiro atoms. The van der Waals surface area contributed by atoms with Gasteiger partial charge in [0, 0.05) is 17.7 Å². The van der Waals surface area contributed by atoms with E-state index in [4.69, 9.17) is 11.5 Å². The molecule has 4 rings (SSSR count). The van der Waals surface area contributed by atoms with Gasteiger partial charge in [0.1, 0.15) is 5.82 Å². The first-order chi connectivity index (χ1) is 17.0. The standard InChI is InChI=1S/C28H29N5O2/c1-2-20-14-19(16-29)8-13-23(20)28(35)33-24(15-18-6-4-3-5-7-18)27-31-17-25(32-27)21-9-11-22(12-10-21)26(30)34/h3-14,17,24H,2,15-16,29H2,1H3,(H2,30,34)(H,31,32)(H,33,35). The van der Waals surface area contributed by atoms with Crippen LogP contribution in [0.3, 0.4) is 0 Å². The van der Waals surface area contributed by atoms with Crippen LogP contribution in [0.15, 0.2) is 79.0 Å². The molecule has 4 aromatic rings. The van der Waals surface area contributed by atoms with Gasteiger partial charge in [-0.25, -0.2) is 4.98 Å². The van der Waals surface area contributed by atoms with Crippen molar-refractivity contribution in [3.63, 3.8) is 0 Å². The van der Waals surface area contributed by atoms with Gasteiger partial charge in [-0.05, 0) is 53.3 Å². The number of rotatable bonds is 9. The molecule has 7 heteroatoms. The highest BCUT2D eigenvalue weighted by Gasteiger charge is 2.21. The summed E-state index contributed by atoms with van der Waals surface area (Å²) in [5.41, 5.74) is 16.9. The Morgan fingerprint density at radius 1 is 1.00 bits per heavy atom. The summed E-state index contributed by atoms with van der Waals surface area (Å²) in [6.07, 6.45) is 3.03. The second-order valence-corrected chi connectivity index (χ2v) is 8.39. The number of hydrogen-bond acceptors (Lipinski definition) is 4. The summed E-state index contributed by atoms with van der Waals surface area (Å²) in [7, 11) is 0. The number of benzene rings is 3. The lowest BCUT2D eigenvalue weighted by atomic mass is 10.00. The number of amides is 2. The van der Waals surface area contributed by atoms with Crippen LogP contribution in [-0.2, 0) is 19.4 Å². The van der Waals surface area contributed by atoms with E-state index < -0.39 is 5.91 Å². The number of nitrogens with two attached hydrogens (primary N) is 2. The third-order valence-corrected chi connectivity index (χ3v) is 6.02. The largest absolute Gasteiger partial charge is 0.366 e. The van der Waals surface area contributed by atoms with E-state index in [1.54, 1.807) is 18.3 Å². The first-order valence-electron chi connectivity index (χ1n) is 11.6. The van der Waals surface area contributed by atoms with Gasteiger partial charge in [-0.15, -0.1) is 0 Å². The van der Waals surface area contributed by atoms with Crippen LogP contribution in [0.25, 0.3) is 11.3 Å². The Hall–Kier alpha value is -4.23. The Balaban J connectivity index is 1.63. The average molecular weight is 468 g/mol. The van der Waals surface area contributed by atoms with E-state index in [0.717, 1.165) is 34.4 Å². The van der Waals surface area contributed by atoms with Crippen molar-refractivity contribution < 1.29 is 9.59 Å². The minimum Gasteiger partial charge on any atom is -0.366 e. The fourth-order valence-corrected chi connectivity index (χ4v) is 4.06. The summed E-state index contributed by atoms with van der Waals surface area (Å²) in [5, 5.41) is 3.17. The van der Waals surface area contributed by atoms with Gasteiger partial charge in [0.15, 0.2) is 0 Å². The number of aryl methyl sites for hydroxylation is 1. The molecular formula is C28H29N5O2. The van der Waals surface area contributed by atoms with Gasteiger partial charge in [0.25, 0.3) is 5.91 Å². The number of primary amides is 1. The van der Waals surface area contributed by atoms with Crippen molar-refractivity contribution >= 4 is 11.8 Å². The predicted octanol–water partition coefficient (Wildman–Crippen LogP) is 3.91. The van der Waals surface area contributed by atoms with E-state index >= 15 is 0 Å². The normalized spacial score (nSPS) is 11.7. The maximum Gasteiger partial charge on any atom is 0.252 e. The lowest BCUT2D eigenvalue weighted by Crippen LogP contribution is -2.31. The average Bonchev–Trinajstić information content (AvgIpc) is 3.39. The number of carbonyl (C=O) groups is 2. The predicted molar refractivity (Wildman–Crippen MR) is 137 cm³/mol. The molecule has 35 heavy (non-hydrogen) atoms. The second kappa shape index (κ2) is 10.8. The molecule has 1 unspecified atom stereocenters. The molecule has 0 saturated heterocycles. The number of nitrogens with zero attached hydrogens (tertiary/aromatic N) is 1. The molecule has 0 fully saturated rings. The number of nitrogens with one attached hydrogen (secondary N) is 2. The molecule has 7 nitrogen and oxygen atoms in total. The fourth-order valence-electron chi connectivity index (χ4n) is 4.06. The summed E-state index contributed by atoms with van der Waals surface area (Å²) in [5.74, 6) is 0.0151. The van der Waals surface area contributed by atoms with Gasteiger partial charge in [-0.2, -0.15) is 0 Å². The number of hydrogen-bond donors (Lipinski definition) is 4. The molecule has 1 aromatic heterocycles. The van der Waals surface area contributed by atoms with Crippen molar-refractivity contribution in [3.05, 3.63) is 113 Å². The molecule has 1 heterocycles.